The summed E-state index contributed by atoms with van der Waals surface area (Å²) < 4.78 is 22.6. The molecular weight excluding hydrogens is 436 g/mol. The third-order valence-electron chi connectivity index (χ3n) is 7.63. The van der Waals surface area contributed by atoms with Crippen molar-refractivity contribution in [2.24, 2.45) is 11.3 Å². The topological polar surface area (TPSA) is 86.3 Å². The van der Waals surface area contributed by atoms with Crippen LogP contribution in [0.25, 0.3) is 0 Å². The number of hydrogen-bond acceptors (Lipinski definition) is 6. The Bertz CT molecular complexity index is 1210. The molecule has 6 rings (SSSR count). The number of nitrogens with one attached hydrogen (secondary N) is 1. The number of benzene rings is 2. The van der Waals surface area contributed by atoms with Crippen molar-refractivity contribution in [2.45, 2.75) is 31.7 Å². The van der Waals surface area contributed by atoms with Crippen molar-refractivity contribution in [3.8, 4) is 17.2 Å². The van der Waals surface area contributed by atoms with E-state index in [2.05, 4.69) is 5.32 Å². The van der Waals surface area contributed by atoms with Crippen LogP contribution < -0.4 is 19.5 Å². The first-order chi connectivity index (χ1) is 16.4. The standard InChI is InChI=1S/C26H26N2O6/c1-25-22(23(29)27-12-17-5-3-4-6-18(17)31-2)20-9-10-26(25,34-20)14-28(24(25)30)13-16-7-8-19-21(11-16)33-15-32-19/h3-11,20,22H,12-15H2,1-2H3,(H,27,29)/t20-,22-,25-,26-/m0/s1. The number of hydrogen-bond donors (Lipinski definition) is 1. The van der Waals surface area contributed by atoms with Crippen molar-refractivity contribution in [3.05, 3.63) is 65.7 Å². The van der Waals surface area contributed by atoms with Gasteiger partial charge in [-0.25, -0.2) is 0 Å². The molecule has 2 aromatic rings. The largest absolute Gasteiger partial charge is 0.496 e. The number of carbonyl (C=O) groups is 2. The maximum atomic E-state index is 13.8. The van der Waals surface area contributed by atoms with Gasteiger partial charge in [0.2, 0.25) is 18.6 Å². The van der Waals surface area contributed by atoms with Crippen molar-refractivity contribution in [1.29, 1.82) is 0 Å². The highest BCUT2D eigenvalue weighted by Gasteiger charge is 2.74. The summed E-state index contributed by atoms with van der Waals surface area (Å²) in [5.41, 5.74) is 0.0267. The molecule has 1 N–H and O–H groups in total. The highest BCUT2D eigenvalue weighted by molar-refractivity contribution is 5.96. The number of amides is 2. The molecule has 2 aromatic carbocycles. The SMILES string of the molecule is COc1ccccc1CNC(=O)[C@@H]1[C@@H]2C=C[C@@]3(CN(Cc4ccc5c(c4)OCO5)C(=O)[C@]13C)O2. The third kappa shape index (κ3) is 2.88. The van der Waals surface area contributed by atoms with E-state index in [1.165, 1.54) is 0 Å². The molecule has 2 amide bonds. The maximum Gasteiger partial charge on any atom is 0.233 e. The van der Waals surface area contributed by atoms with Gasteiger partial charge in [-0.1, -0.05) is 36.4 Å². The summed E-state index contributed by atoms with van der Waals surface area (Å²) in [6.45, 7) is 3.19. The lowest BCUT2D eigenvalue weighted by molar-refractivity contribution is -0.143. The normalized spacial score (nSPS) is 30.1. The number of methoxy groups -OCH3 is 1. The van der Waals surface area contributed by atoms with E-state index < -0.39 is 23.0 Å². The summed E-state index contributed by atoms with van der Waals surface area (Å²) in [4.78, 5) is 29.0. The first kappa shape index (κ1) is 21.0. The lowest BCUT2D eigenvalue weighted by atomic mass is 9.64. The minimum Gasteiger partial charge on any atom is -0.496 e. The van der Waals surface area contributed by atoms with E-state index in [1.807, 2.05) is 61.5 Å². The van der Waals surface area contributed by atoms with E-state index in [0.29, 0.717) is 36.9 Å². The molecule has 8 nitrogen and oxygen atoms in total. The molecule has 0 aliphatic carbocycles. The number of para-hydroxylation sites is 1. The Morgan fingerprint density at radius 3 is 2.88 bits per heavy atom. The van der Waals surface area contributed by atoms with Crippen LogP contribution in [0.4, 0.5) is 0 Å². The fraction of sp³-hybridized carbons (Fsp3) is 0.385. The molecule has 4 atom stereocenters. The Kier molecular flexibility index (Phi) is 4.64. The molecule has 176 valence electrons. The molecule has 34 heavy (non-hydrogen) atoms. The zero-order valence-corrected chi connectivity index (χ0v) is 19.1. The van der Waals surface area contributed by atoms with Crippen LogP contribution in [-0.4, -0.2) is 48.9 Å². The molecule has 0 radical (unpaired) electrons. The quantitative estimate of drug-likeness (QED) is 0.664. The van der Waals surface area contributed by atoms with Crippen LogP contribution in [0.15, 0.2) is 54.6 Å². The molecule has 4 aliphatic heterocycles. The number of nitrogens with zero attached hydrogens (tertiary/aromatic N) is 1. The Balaban J connectivity index is 1.23. The van der Waals surface area contributed by atoms with Crippen LogP contribution >= 0.6 is 0 Å². The fourth-order valence-corrected chi connectivity index (χ4v) is 5.83. The zero-order valence-electron chi connectivity index (χ0n) is 19.1. The van der Waals surface area contributed by atoms with Crippen LogP contribution in [0.3, 0.4) is 0 Å². The Hall–Kier alpha value is -3.52. The summed E-state index contributed by atoms with van der Waals surface area (Å²) in [5, 5.41) is 3.01. The third-order valence-corrected chi connectivity index (χ3v) is 7.63. The van der Waals surface area contributed by atoms with Crippen LogP contribution in [-0.2, 0) is 27.4 Å². The molecule has 0 aromatic heterocycles. The van der Waals surface area contributed by atoms with E-state index in [1.54, 1.807) is 12.0 Å². The lowest BCUT2D eigenvalue weighted by Gasteiger charge is -2.34. The molecular formula is C26H26N2O6. The average Bonchev–Trinajstić information content (AvgIpc) is 3.58. The van der Waals surface area contributed by atoms with E-state index in [9.17, 15) is 9.59 Å². The predicted molar refractivity (Wildman–Crippen MR) is 121 cm³/mol. The molecule has 4 aliphatic rings. The second kappa shape index (κ2) is 7.50. The predicted octanol–water partition coefficient (Wildman–Crippen LogP) is 2.41. The van der Waals surface area contributed by atoms with E-state index in [-0.39, 0.29) is 18.6 Å². The van der Waals surface area contributed by atoms with Gasteiger partial charge in [0.25, 0.3) is 0 Å². The lowest BCUT2D eigenvalue weighted by Crippen LogP contribution is -2.52. The van der Waals surface area contributed by atoms with Crippen molar-refractivity contribution >= 4 is 11.8 Å². The van der Waals surface area contributed by atoms with Gasteiger partial charge in [-0.2, -0.15) is 0 Å². The number of likely N-dealkylation sites (tertiary alicyclic amines) is 1. The molecule has 2 fully saturated rings. The van der Waals surface area contributed by atoms with E-state index in [0.717, 1.165) is 11.1 Å². The molecule has 2 saturated heterocycles. The first-order valence-electron chi connectivity index (χ1n) is 11.4. The number of rotatable bonds is 6. The molecule has 1 spiro atoms. The van der Waals surface area contributed by atoms with Crippen molar-refractivity contribution in [1.82, 2.24) is 10.2 Å². The summed E-state index contributed by atoms with van der Waals surface area (Å²) in [6, 6.07) is 13.2. The molecule has 4 heterocycles. The maximum absolute atomic E-state index is 13.8. The summed E-state index contributed by atoms with van der Waals surface area (Å²) in [6.07, 6.45) is 3.48. The van der Waals surface area contributed by atoms with Gasteiger partial charge in [0, 0.05) is 18.7 Å². The van der Waals surface area contributed by atoms with Gasteiger partial charge in [-0.3, -0.25) is 9.59 Å². The molecule has 0 saturated carbocycles. The minimum absolute atomic E-state index is 0.0746. The van der Waals surface area contributed by atoms with Gasteiger partial charge >= 0.3 is 0 Å². The number of fused-ring (bicyclic) bond motifs is 2. The first-order valence-corrected chi connectivity index (χ1v) is 11.4. The summed E-state index contributed by atoms with van der Waals surface area (Å²) >= 11 is 0. The summed E-state index contributed by atoms with van der Waals surface area (Å²) in [7, 11) is 1.60. The number of carbonyl (C=O) groups excluding carboxylic acids is 2. The molecule has 2 bridgehead atoms. The Morgan fingerprint density at radius 1 is 1.21 bits per heavy atom. The van der Waals surface area contributed by atoms with E-state index >= 15 is 0 Å². The monoisotopic (exact) mass is 462 g/mol. The van der Waals surface area contributed by atoms with Gasteiger partial charge in [-0.05, 0) is 30.7 Å². The Labute approximate surface area is 197 Å². The highest BCUT2D eigenvalue weighted by atomic mass is 16.7. The van der Waals surface area contributed by atoms with Crippen LogP contribution in [0, 0.1) is 11.3 Å². The molecule has 8 heteroatoms. The van der Waals surface area contributed by atoms with Gasteiger partial charge in [0.1, 0.15) is 11.4 Å². The van der Waals surface area contributed by atoms with E-state index in [4.69, 9.17) is 18.9 Å². The van der Waals surface area contributed by atoms with Crippen LogP contribution in [0.5, 0.6) is 17.2 Å². The Morgan fingerprint density at radius 2 is 2.03 bits per heavy atom. The van der Waals surface area contributed by atoms with Crippen molar-refractivity contribution in [2.75, 3.05) is 20.4 Å². The second-order valence-electron chi connectivity index (χ2n) is 9.39. The number of ether oxygens (including phenoxy) is 4. The fourth-order valence-electron chi connectivity index (χ4n) is 5.83. The van der Waals surface area contributed by atoms with Gasteiger partial charge in [0.05, 0.1) is 31.1 Å². The zero-order chi connectivity index (χ0) is 23.5. The van der Waals surface area contributed by atoms with Gasteiger partial charge < -0.3 is 29.2 Å². The second-order valence-corrected chi connectivity index (χ2v) is 9.39. The average molecular weight is 463 g/mol. The van der Waals surface area contributed by atoms with Crippen molar-refractivity contribution < 1.29 is 28.5 Å². The van der Waals surface area contributed by atoms with Crippen LogP contribution in [0.1, 0.15) is 18.1 Å². The van der Waals surface area contributed by atoms with Crippen LogP contribution in [0.2, 0.25) is 0 Å². The van der Waals surface area contributed by atoms with Crippen molar-refractivity contribution in [3.63, 3.8) is 0 Å². The summed E-state index contributed by atoms with van der Waals surface area (Å²) in [5.74, 6) is 1.22. The minimum atomic E-state index is -0.979. The molecule has 0 unspecified atom stereocenters. The van der Waals surface area contributed by atoms with Gasteiger partial charge in [0.15, 0.2) is 11.5 Å². The smallest absolute Gasteiger partial charge is 0.233 e. The highest BCUT2D eigenvalue weighted by Crippen LogP contribution is 2.60. The van der Waals surface area contributed by atoms with Gasteiger partial charge in [-0.15, -0.1) is 0 Å².